The lowest BCUT2D eigenvalue weighted by Gasteiger charge is -2.34. The number of benzene rings is 1. The highest BCUT2D eigenvalue weighted by Crippen LogP contribution is 2.41. The first-order valence-corrected chi connectivity index (χ1v) is 5.58. The number of hydrogen-bond donors (Lipinski definition) is 2. The highest BCUT2D eigenvalue weighted by molar-refractivity contribution is 6.30. The molecule has 1 spiro atoms. The molecule has 16 heavy (non-hydrogen) atoms. The van der Waals surface area contributed by atoms with Crippen molar-refractivity contribution in [3.8, 4) is 0 Å². The van der Waals surface area contributed by atoms with Crippen LogP contribution in [0, 0.1) is 0 Å². The molecule has 0 aliphatic carbocycles. The highest BCUT2D eigenvalue weighted by Gasteiger charge is 2.44. The summed E-state index contributed by atoms with van der Waals surface area (Å²) < 4.78 is 5.45. The van der Waals surface area contributed by atoms with Crippen molar-refractivity contribution in [3.63, 3.8) is 0 Å². The third kappa shape index (κ3) is 1.37. The fourth-order valence-corrected chi connectivity index (χ4v) is 2.53. The Bertz CT molecular complexity index is 455. The second kappa shape index (κ2) is 3.37. The van der Waals surface area contributed by atoms with Crippen LogP contribution in [0.15, 0.2) is 18.2 Å². The molecule has 0 unspecified atom stereocenters. The van der Waals surface area contributed by atoms with Crippen LogP contribution >= 0.6 is 11.6 Å². The average molecular weight is 239 g/mol. The fraction of sp³-hybridized carbons (Fsp3) is 0.364. The smallest absolute Gasteiger partial charge is 0.412 e. The lowest BCUT2D eigenvalue weighted by molar-refractivity contribution is 0.0278. The van der Waals surface area contributed by atoms with Crippen LogP contribution < -0.4 is 10.6 Å². The Labute approximate surface area is 97.9 Å². The molecule has 2 aliphatic heterocycles. The Morgan fingerprint density at radius 3 is 3.06 bits per heavy atom. The van der Waals surface area contributed by atoms with E-state index in [1.54, 1.807) is 6.07 Å². The molecule has 1 aromatic rings. The van der Waals surface area contributed by atoms with E-state index in [0.717, 1.165) is 24.2 Å². The first-order valence-electron chi connectivity index (χ1n) is 5.20. The van der Waals surface area contributed by atoms with E-state index in [0.29, 0.717) is 11.6 Å². The Balaban J connectivity index is 2.16. The summed E-state index contributed by atoms with van der Waals surface area (Å²) in [6.07, 6.45) is 0.395. The van der Waals surface area contributed by atoms with Crippen LogP contribution in [0.5, 0.6) is 0 Å². The van der Waals surface area contributed by atoms with Crippen LogP contribution in [0.4, 0.5) is 10.5 Å². The predicted octanol–water partition coefficient (Wildman–Crippen LogP) is 2.09. The largest absolute Gasteiger partial charge is 0.436 e. The molecule has 1 saturated heterocycles. The molecule has 84 valence electrons. The first kappa shape index (κ1) is 9.93. The molecule has 1 amide bonds. The van der Waals surface area contributed by atoms with Crippen molar-refractivity contribution in [2.75, 3.05) is 18.4 Å². The number of fused-ring (bicyclic) bond motifs is 2. The zero-order valence-corrected chi connectivity index (χ0v) is 9.30. The summed E-state index contributed by atoms with van der Waals surface area (Å²) >= 11 is 5.99. The van der Waals surface area contributed by atoms with Gasteiger partial charge in [0.25, 0.3) is 0 Å². The maximum atomic E-state index is 11.5. The van der Waals surface area contributed by atoms with Gasteiger partial charge in [-0.15, -0.1) is 0 Å². The van der Waals surface area contributed by atoms with E-state index in [1.165, 1.54) is 0 Å². The van der Waals surface area contributed by atoms with E-state index in [-0.39, 0.29) is 0 Å². The van der Waals surface area contributed by atoms with Crippen LogP contribution in [0.1, 0.15) is 12.0 Å². The normalized spacial score (nSPS) is 27.4. The van der Waals surface area contributed by atoms with Crippen molar-refractivity contribution in [2.24, 2.45) is 0 Å². The van der Waals surface area contributed by atoms with E-state index in [1.807, 2.05) is 12.1 Å². The van der Waals surface area contributed by atoms with Gasteiger partial charge in [-0.3, -0.25) is 5.32 Å². The molecule has 2 N–H and O–H groups in total. The molecule has 0 saturated carbocycles. The summed E-state index contributed by atoms with van der Waals surface area (Å²) in [5.74, 6) is 0. The van der Waals surface area contributed by atoms with Crippen molar-refractivity contribution < 1.29 is 9.53 Å². The van der Waals surface area contributed by atoms with Gasteiger partial charge in [0.1, 0.15) is 0 Å². The van der Waals surface area contributed by atoms with Crippen LogP contribution in [0.25, 0.3) is 0 Å². The van der Waals surface area contributed by atoms with Gasteiger partial charge in [0.15, 0.2) is 5.60 Å². The first-order chi connectivity index (χ1) is 7.70. The highest BCUT2D eigenvalue weighted by atomic mass is 35.5. The number of carbonyl (C=O) groups is 1. The summed E-state index contributed by atoms with van der Waals surface area (Å²) in [6.45, 7) is 1.49. The Hall–Kier alpha value is -1.26. The molecular weight excluding hydrogens is 228 g/mol. The van der Waals surface area contributed by atoms with E-state index < -0.39 is 11.7 Å². The number of anilines is 1. The van der Waals surface area contributed by atoms with Crippen LogP contribution in [0.3, 0.4) is 0 Å². The van der Waals surface area contributed by atoms with Crippen molar-refractivity contribution in [3.05, 3.63) is 28.8 Å². The number of ether oxygens (including phenoxy) is 1. The lowest BCUT2D eigenvalue weighted by Crippen LogP contribution is -2.41. The molecule has 3 rings (SSSR count). The number of nitrogens with one attached hydrogen (secondary N) is 2. The van der Waals surface area contributed by atoms with Crippen LogP contribution in [0.2, 0.25) is 5.02 Å². The molecule has 1 atom stereocenters. The number of rotatable bonds is 0. The molecule has 0 radical (unpaired) electrons. The third-order valence-corrected chi connectivity index (χ3v) is 3.35. The summed E-state index contributed by atoms with van der Waals surface area (Å²) in [5.41, 5.74) is 1.22. The molecule has 0 aromatic heterocycles. The minimum absolute atomic E-state index is 0.390. The number of amides is 1. The second-order valence-electron chi connectivity index (χ2n) is 4.13. The van der Waals surface area contributed by atoms with Crippen LogP contribution in [-0.4, -0.2) is 19.2 Å². The van der Waals surface area contributed by atoms with Gasteiger partial charge in [0.05, 0.1) is 5.69 Å². The number of carbonyl (C=O) groups excluding carboxylic acids is 1. The van der Waals surface area contributed by atoms with Gasteiger partial charge in [-0.05, 0) is 24.7 Å². The molecule has 5 heteroatoms. The predicted molar refractivity (Wildman–Crippen MR) is 60.7 cm³/mol. The van der Waals surface area contributed by atoms with E-state index >= 15 is 0 Å². The van der Waals surface area contributed by atoms with Gasteiger partial charge < -0.3 is 10.1 Å². The van der Waals surface area contributed by atoms with Crippen molar-refractivity contribution in [2.45, 2.75) is 12.0 Å². The second-order valence-corrected chi connectivity index (χ2v) is 4.56. The number of hydrogen-bond acceptors (Lipinski definition) is 3. The third-order valence-electron chi connectivity index (χ3n) is 3.11. The zero-order valence-electron chi connectivity index (χ0n) is 8.55. The fourth-order valence-electron chi connectivity index (χ4n) is 2.36. The topological polar surface area (TPSA) is 50.4 Å². The Kier molecular flexibility index (Phi) is 2.09. The van der Waals surface area contributed by atoms with Gasteiger partial charge >= 0.3 is 6.09 Å². The minimum atomic E-state index is -0.539. The summed E-state index contributed by atoms with van der Waals surface area (Å²) in [7, 11) is 0. The van der Waals surface area contributed by atoms with Gasteiger partial charge in [0.2, 0.25) is 0 Å². The molecular formula is C11H11ClN2O2. The van der Waals surface area contributed by atoms with E-state index in [9.17, 15) is 4.79 Å². The van der Waals surface area contributed by atoms with Crippen LogP contribution in [-0.2, 0) is 10.3 Å². The molecule has 4 nitrogen and oxygen atoms in total. The minimum Gasteiger partial charge on any atom is -0.436 e. The number of halogens is 1. The SMILES string of the molecule is O=C1Nc2ccc(Cl)cc2[C@@]2(CCNC2)O1. The quantitative estimate of drug-likeness (QED) is 0.728. The van der Waals surface area contributed by atoms with Crippen molar-refractivity contribution in [1.82, 2.24) is 5.32 Å². The van der Waals surface area contributed by atoms with E-state index in [4.69, 9.17) is 16.3 Å². The summed E-state index contributed by atoms with van der Waals surface area (Å²) in [5, 5.41) is 6.56. The molecule has 2 aliphatic rings. The van der Waals surface area contributed by atoms with Crippen molar-refractivity contribution in [1.29, 1.82) is 0 Å². The van der Waals surface area contributed by atoms with Gasteiger partial charge in [-0.25, -0.2) is 4.79 Å². The molecule has 2 heterocycles. The summed E-state index contributed by atoms with van der Waals surface area (Å²) in [4.78, 5) is 11.5. The monoisotopic (exact) mass is 238 g/mol. The maximum Gasteiger partial charge on any atom is 0.412 e. The molecule has 0 bridgehead atoms. The molecule has 1 aromatic carbocycles. The Morgan fingerprint density at radius 2 is 2.31 bits per heavy atom. The van der Waals surface area contributed by atoms with Gasteiger partial charge in [-0.1, -0.05) is 11.6 Å². The van der Waals surface area contributed by atoms with Gasteiger partial charge in [-0.2, -0.15) is 0 Å². The summed E-state index contributed by atoms with van der Waals surface area (Å²) in [6, 6.07) is 5.45. The molecule has 1 fully saturated rings. The lowest BCUT2D eigenvalue weighted by atomic mass is 9.90. The average Bonchev–Trinajstić information content (AvgIpc) is 2.69. The standard InChI is InChI=1S/C11H11ClN2O2/c12-7-1-2-9-8(5-7)11(3-4-13-6-11)16-10(15)14-9/h1-2,5,13H,3-4,6H2,(H,14,15)/t11-/m0/s1. The Morgan fingerprint density at radius 1 is 1.44 bits per heavy atom. The van der Waals surface area contributed by atoms with E-state index in [2.05, 4.69) is 10.6 Å². The van der Waals surface area contributed by atoms with Crippen molar-refractivity contribution >= 4 is 23.4 Å². The zero-order chi connectivity index (χ0) is 11.2. The van der Waals surface area contributed by atoms with Gasteiger partial charge in [0, 0.05) is 23.6 Å². The maximum absolute atomic E-state index is 11.5.